The molecule has 0 saturated carbocycles. The number of fused-ring (bicyclic) bond motifs is 1. The number of aromatic nitrogens is 1. The van der Waals surface area contributed by atoms with E-state index in [1.165, 1.54) is 22.8 Å². The van der Waals surface area contributed by atoms with Crippen molar-refractivity contribution >= 4 is 16.9 Å². The molecule has 0 bridgehead atoms. The average molecular weight is 331 g/mol. The largest absolute Gasteiger partial charge is 0.505 e. The Morgan fingerprint density at radius 2 is 1.88 bits per heavy atom. The Hall–Kier alpha value is -3.22. The maximum Gasteiger partial charge on any atom is 0.341 e. The van der Waals surface area contributed by atoms with Gasteiger partial charge in [0.2, 0.25) is 5.43 Å². The number of hydrogen-bond donors (Lipinski definition) is 2. The minimum atomic E-state index is -1.48. The molecule has 0 saturated heterocycles. The first-order chi connectivity index (χ1) is 11.4. The standard InChI is InChI=1S/C17H11F2NO4/c18-11-2-1-3-13-15(11)16(22)10(17(23)24)8-20(13)7-9-4-5-14(21)12(19)6-9/h1-6,8,21H,7H2,(H,23,24). The van der Waals surface area contributed by atoms with Gasteiger partial charge in [-0.1, -0.05) is 12.1 Å². The van der Waals surface area contributed by atoms with Crippen LogP contribution in [0.1, 0.15) is 15.9 Å². The van der Waals surface area contributed by atoms with Crippen LogP contribution in [0.3, 0.4) is 0 Å². The highest BCUT2D eigenvalue weighted by Gasteiger charge is 2.17. The molecule has 1 heterocycles. The average Bonchev–Trinajstić information content (AvgIpc) is 2.53. The number of aromatic hydroxyl groups is 1. The second-order valence-corrected chi connectivity index (χ2v) is 5.22. The summed E-state index contributed by atoms with van der Waals surface area (Å²) in [4.78, 5) is 23.4. The van der Waals surface area contributed by atoms with Gasteiger partial charge >= 0.3 is 5.97 Å². The van der Waals surface area contributed by atoms with Gasteiger partial charge in [-0.25, -0.2) is 13.6 Å². The van der Waals surface area contributed by atoms with Crippen molar-refractivity contribution in [3.8, 4) is 5.75 Å². The van der Waals surface area contributed by atoms with Crippen LogP contribution in [-0.2, 0) is 6.54 Å². The molecule has 0 amide bonds. The maximum atomic E-state index is 14.0. The first kappa shape index (κ1) is 15.7. The predicted molar refractivity (Wildman–Crippen MR) is 82.3 cm³/mol. The second-order valence-electron chi connectivity index (χ2n) is 5.22. The molecule has 0 spiro atoms. The van der Waals surface area contributed by atoms with E-state index in [0.29, 0.717) is 5.56 Å². The zero-order valence-electron chi connectivity index (χ0n) is 12.2. The fourth-order valence-electron chi connectivity index (χ4n) is 2.52. The van der Waals surface area contributed by atoms with E-state index in [1.807, 2.05) is 0 Å². The number of phenolic OH excluding ortho intramolecular Hbond substituents is 1. The predicted octanol–water partition coefficient (Wildman–Crippen LogP) is 2.73. The summed E-state index contributed by atoms with van der Waals surface area (Å²) in [5.41, 5.74) is -0.884. The third kappa shape index (κ3) is 2.60. The van der Waals surface area contributed by atoms with E-state index in [1.54, 1.807) is 0 Å². The van der Waals surface area contributed by atoms with Crippen LogP contribution in [-0.4, -0.2) is 20.7 Å². The lowest BCUT2D eigenvalue weighted by molar-refractivity contribution is 0.0695. The van der Waals surface area contributed by atoms with Crippen molar-refractivity contribution in [2.24, 2.45) is 0 Å². The highest BCUT2D eigenvalue weighted by molar-refractivity contribution is 5.92. The van der Waals surface area contributed by atoms with Crippen molar-refractivity contribution in [2.75, 3.05) is 0 Å². The number of phenols is 1. The zero-order valence-corrected chi connectivity index (χ0v) is 12.2. The van der Waals surface area contributed by atoms with E-state index in [4.69, 9.17) is 5.11 Å². The van der Waals surface area contributed by atoms with Gasteiger partial charge in [-0.05, 0) is 29.8 Å². The van der Waals surface area contributed by atoms with Crippen LogP contribution in [0, 0.1) is 11.6 Å². The summed E-state index contributed by atoms with van der Waals surface area (Å²) in [6, 6.07) is 7.63. The number of rotatable bonds is 3. The van der Waals surface area contributed by atoms with Gasteiger partial charge in [0.25, 0.3) is 0 Å². The molecule has 0 aliphatic heterocycles. The first-order valence-electron chi connectivity index (χ1n) is 6.91. The second kappa shape index (κ2) is 5.77. The Morgan fingerprint density at radius 1 is 1.12 bits per heavy atom. The van der Waals surface area contributed by atoms with Crippen molar-refractivity contribution in [3.63, 3.8) is 0 Å². The molecule has 0 fully saturated rings. The van der Waals surface area contributed by atoms with Crippen molar-refractivity contribution in [2.45, 2.75) is 6.54 Å². The molecular weight excluding hydrogens is 320 g/mol. The molecule has 0 unspecified atom stereocenters. The maximum absolute atomic E-state index is 14.0. The van der Waals surface area contributed by atoms with E-state index in [0.717, 1.165) is 24.4 Å². The lowest BCUT2D eigenvalue weighted by Crippen LogP contribution is -2.20. The summed E-state index contributed by atoms with van der Waals surface area (Å²) >= 11 is 0. The van der Waals surface area contributed by atoms with Gasteiger partial charge in [-0.3, -0.25) is 4.79 Å². The van der Waals surface area contributed by atoms with Gasteiger partial charge in [0.15, 0.2) is 11.6 Å². The Labute approximate surface area is 134 Å². The summed E-state index contributed by atoms with van der Waals surface area (Å²) in [6.07, 6.45) is 1.09. The summed E-state index contributed by atoms with van der Waals surface area (Å²) in [5, 5.41) is 18.0. The monoisotopic (exact) mass is 331 g/mol. The van der Waals surface area contributed by atoms with Gasteiger partial charge in [0, 0.05) is 12.7 Å². The number of benzene rings is 2. The highest BCUT2D eigenvalue weighted by Crippen LogP contribution is 2.20. The quantitative estimate of drug-likeness (QED) is 0.773. The topological polar surface area (TPSA) is 79.5 Å². The smallest absolute Gasteiger partial charge is 0.341 e. The Bertz CT molecular complexity index is 1030. The van der Waals surface area contributed by atoms with E-state index < -0.39 is 34.3 Å². The molecule has 3 rings (SSSR count). The molecule has 24 heavy (non-hydrogen) atoms. The number of pyridine rings is 1. The fraction of sp³-hybridized carbons (Fsp3) is 0.0588. The molecule has 122 valence electrons. The number of hydrogen-bond acceptors (Lipinski definition) is 3. The number of carboxylic acids is 1. The van der Waals surface area contributed by atoms with E-state index in [-0.39, 0.29) is 17.4 Å². The van der Waals surface area contributed by atoms with Crippen LogP contribution < -0.4 is 5.43 Å². The molecule has 2 aromatic carbocycles. The molecule has 3 aromatic rings. The van der Waals surface area contributed by atoms with Gasteiger partial charge < -0.3 is 14.8 Å². The van der Waals surface area contributed by atoms with Crippen LogP contribution >= 0.6 is 0 Å². The number of carbonyl (C=O) groups is 1. The van der Waals surface area contributed by atoms with Crippen LogP contribution in [0.4, 0.5) is 8.78 Å². The summed E-state index contributed by atoms with van der Waals surface area (Å²) in [7, 11) is 0. The Morgan fingerprint density at radius 3 is 2.54 bits per heavy atom. The molecule has 7 heteroatoms. The molecule has 0 atom stereocenters. The number of aromatic carboxylic acids is 1. The molecule has 2 N–H and O–H groups in total. The molecule has 0 aliphatic rings. The number of halogens is 2. The minimum absolute atomic E-state index is 0.00227. The summed E-state index contributed by atoms with van der Waals surface area (Å²) in [6.45, 7) is -0.00227. The number of nitrogens with zero attached hydrogens (tertiary/aromatic N) is 1. The summed E-state index contributed by atoms with van der Waals surface area (Å²) < 4.78 is 28.9. The molecule has 5 nitrogen and oxygen atoms in total. The van der Waals surface area contributed by atoms with Crippen molar-refractivity contribution in [3.05, 3.63) is 75.6 Å². The van der Waals surface area contributed by atoms with Gasteiger partial charge in [-0.2, -0.15) is 0 Å². The third-order valence-electron chi connectivity index (χ3n) is 3.65. The SMILES string of the molecule is O=C(O)c1cn(Cc2ccc(O)c(F)c2)c2cccc(F)c2c1=O. The van der Waals surface area contributed by atoms with E-state index in [2.05, 4.69) is 0 Å². The van der Waals surface area contributed by atoms with Gasteiger partial charge in [0.05, 0.1) is 10.9 Å². The molecule has 1 aromatic heterocycles. The van der Waals surface area contributed by atoms with Crippen LogP contribution in [0.5, 0.6) is 5.75 Å². The van der Waals surface area contributed by atoms with Gasteiger partial charge in [0.1, 0.15) is 11.4 Å². The Kier molecular flexibility index (Phi) is 3.76. The lowest BCUT2D eigenvalue weighted by Gasteiger charge is -2.13. The molecular formula is C17H11F2NO4. The van der Waals surface area contributed by atoms with E-state index in [9.17, 15) is 23.5 Å². The zero-order chi connectivity index (χ0) is 17.4. The molecule has 0 radical (unpaired) electrons. The van der Waals surface area contributed by atoms with Crippen molar-refractivity contribution in [1.82, 2.24) is 4.57 Å². The summed E-state index contributed by atoms with van der Waals surface area (Å²) in [5.74, 6) is -3.65. The first-order valence-corrected chi connectivity index (χ1v) is 6.91. The van der Waals surface area contributed by atoms with Crippen molar-refractivity contribution < 1.29 is 23.8 Å². The normalized spacial score (nSPS) is 10.9. The fourth-order valence-corrected chi connectivity index (χ4v) is 2.52. The number of carboxylic acid groups (broad SMARTS) is 1. The van der Waals surface area contributed by atoms with Crippen LogP contribution in [0.15, 0.2) is 47.4 Å². The highest BCUT2D eigenvalue weighted by atomic mass is 19.1. The van der Waals surface area contributed by atoms with Gasteiger partial charge in [-0.15, -0.1) is 0 Å². The van der Waals surface area contributed by atoms with Crippen LogP contribution in [0.25, 0.3) is 10.9 Å². The third-order valence-corrected chi connectivity index (χ3v) is 3.65. The minimum Gasteiger partial charge on any atom is -0.505 e. The Balaban J connectivity index is 2.25. The lowest BCUT2D eigenvalue weighted by atomic mass is 10.1. The molecule has 0 aliphatic carbocycles. The van der Waals surface area contributed by atoms with Crippen molar-refractivity contribution in [1.29, 1.82) is 0 Å². The van der Waals surface area contributed by atoms with E-state index >= 15 is 0 Å². The van der Waals surface area contributed by atoms with Crippen LogP contribution in [0.2, 0.25) is 0 Å².